The predicted molar refractivity (Wildman–Crippen MR) is 53.7 cm³/mol. The minimum Gasteiger partial charge on any atom is -0.329 e. The molecule has 1 saturated heterocycles. The molecule has 1 heterocycles. The standard InChI is InChI=1S/C7H16N2.2ClH/c1-6-2-3-7(4-8)9-5-6;;/h6-7,9H,2-5,8H2,1H3;2*1H. The van der Waals surface area contributed by atoms with Crippen LogP contribution in [0.2, 0.25) is 0 Å². The van der Waals surface area contributed by atoms with Crippen LogP contribution in [0.4, 0.5) is 0 Å². The monoisotopic (exact) mass is 200 g/mol. The van der Waals surface area contributed by atoms with E-state index in [1.165, 1.54) is 12.8 Å². The van der Waals surface area contributed by atoms with E-state index in [-0.39, 0.29) is 24.8 Å². The molecule has 1 rings (SSSR count). The average molecular weight is 201 g/mol. The van der Waals surface area contributed by atoms with Gasteiger partial charge in [0, 0.05) is 12.6 Å². The SMILES string of the molecule is CC1CCC(CN)NC1.Cl.Cl. The fourth-order valence-electron chi connectivity index (χ4n) is 1.26. The van der Waals surface area contributed by atoms with Gasteiger partial charge in [-0.2, -0.15) is 0 Å². The first kappa shape index (κ1) is 14.0. The molecule has 11 heavy (non-hydrogen) atoms. The zero-order chi connectivity index (χ0) is 6.69. The van der Waals surface area contributed by atoms with E-state index in [9.17, 15) is 0 Å². The molecule has 1 aliphatic rings. The highest BCUT2D eigenvalue weighted by Gasteiger charge is 2.14. The van der Waals surface area contributed by atoms with Crippen molar-refractivity contribution in [2.45, 2.75) is 25.8 Å². The summed E-state index contributed by atoms with van der Waals surface area (Å²) in [5.41, 5.74) is 5.49. The molecule has 2 nitrogen and oxygen atoms in total. The Morgan fingerprint density at radius 3 is 2.36 bits per heavy atom. The molecule has 70 valence electrons. The summed E-state index contributed by atoms with van der Waals surface area (Å²) >= 11 is 0. The molecule has 3 N–H and O–H groups in total. The second-order valence-electron chi connectivity index (χ2n) is 3.02. The van der Waals surface area contributed by atoms with Gasteiger partial charge >= 0.3 is 0 Å². The Balaban J connectivity index is 0. The van der Waals surface area contributed by atoms with Gasteiger partial charge in [0.1, 0.15) is 0 Å². The van der Waals surface area contributed by atoms with Gasteiger partial charge in [-0.1, -0.05) is 6.92 Å². The van der Waals surface area contributed by atoms with E-state index in [0.717, 1.165) is 19.0 Å². The fraction of sp³-hybridized carbons (Fsp3) is 1.00. The maximum absolute atomic E-state index is 5.49. The minimum atomic E-state index is 0. The lowest BCUT2D eigenvalue weighted by Gasteiger charge is -2.26. The highest BCUT2D eigenvalue weighted by Crippen LogP contribution is 2.11. The van der Waals surface area contributed by atoms with Gasteiger partial charge in [0.2, 0.25) is 0 Å². The summed E-state index contributed by atoms with van der Waals surface area (Å²) in [4.78, 5) is 0. The number of rotatable bonds is 1. The topological polar surface area (TPSA) is 38.0 Å². The highest BCUT2D eigenvalue weighted by atomic mass is 35.5. The van der Waals surface area contributed by atoms with Crippen LogP contribution in [0, 0.1) is 5.92 Å². The van der Waals surface area contributed by atoms with E-state index in [1.54, 1.807) is 0 Å². The first-order valence-corrected chi connectivity index (χ1v) is 3.76. The summed E-state index contributed by atoms with van der Waals surface area (Å²) in [6.45, 7) is 4.23. The van der Waals surface area contributed by atoms with Crippen molar-refractivity contribution in [3.63, 3.8) is 0 Å². The normalized spacial score (nSPS) is 30.0. The van der Waals surface area contributed by atoms with Crippen LogP contribution in [0.5, 0.6) is 0 Å². The predicted octanol–water partition coefficient (Wildman–Crippen LogP) is 1.18. The van der Waals surface area contributed by atoms with Gasteiger partial charge in [0.15, 0.2) is 0 Å². The van der Waals surface area contributed by atoms with Crippen LogP contribution in [0.1, 0.15) is 19.8 Å². The van der Waals surface area contributed by atoms with Crippen molar-refractivity contribution in [3.8, 4) is 0 Å². The molecule has 1 aliphatic heterocycles. The Hall–Kier alpha value is 0.500. The third-order valence-corrected chi connectivity index (χ3v) is 2.05. The van der Waals surface area contributed by atoms with Crippen LogP contribution >= 0.6 is 24.8 Å². The summed E-state index contributed by atoms with van der Waals surface area (Å²) in [7, 11) is 0. The van der Waals surface area contributed by atoms with E-state index >= 15 is 0 Å². The second kappa shape index (κ2) is 7.17. The first-order valence-electron chi connectivity index (χ1n) is 3.76. The summed E-state index contributed by atoms with van der Waals surface area (Å²) < 4.78 is 0. The van der Waals surface area contributed by atoms with Gasteiger partial charge in [0.25, 0.3) is 0 Å². The maximum Gasteiger partial charge on any atom is 0.0190 e. The van der Waals surface area contributed by atoms with Gasteiger partial charge in [-0.25, -0.2) is 0 Å². The van der Waals surface area contributed by atoms with Crippen LogP contribution in [-0.2, 0) is 0 Å². The zero-order valence-electron chi connectivity index (χ0n) is 6.88. The molecule has 0 aromatic heterocycles. The Labute approximate surface area is 81.1 Å². The summed E-state index contributed by atoms with van der Waals surface area (Å²) in [5.74, 6) is 0.854. The first-order chi connectivity index (χ1) is 4.33. The summed E-state index contributed by atoms with van der Waals surface area (Å²) in [6, 6.07) is 0.598. The molecule has 4 heteroatoms. The van der Waals surface area contributed by atoms with Gasteiger partial charge in [-0.15, -0.1) is 24.8 Å². The van der Waals surface area contributed by atoms with Crippen LogP contribution in [-0.4, -0.2) is 19.1 Å². The number of hydrogen-bond acceptors (Lipinski definition) is 2. The van der Waals surface area contributed by atoms with Gasteiger partial charge in [-0.05, 0) is 25.3 Å². The lowest BCUT2D eigenvalue weighted by molar-refractivity contribution is 0.332. The maximum atomic E-state index is 5.49. The van der Waals surface area contributed by atoms with Crippen LogP contribution in [0.15, 0.2) is 0 Å². The van der Waals surface area contributed by atoms with Crippen molar-refractivity contribution in [2.75, 3.05) is 13.1 Å². The van der Waals surface area contributed by atoms with E-state index in [2.05, 4.69) is 12.2 Å². The molecule has 2 atom stereocenters. The van der Waals surface area contributed by atoms with E-state index in [1.807, 2.05) is 0 Å². The summed E-state index contributed by atoms with van der Waals surface area (Å²) in [5, 5.41) is 3.39. The molecule has 2 unspecified atom stereocenters. The molecule has 0 amide bonds. The van der Waals surface area contributed by atoms with Gasteiger partial charge < -0.3 is 11.1 Å². The Morgan fingerprint density at radius 1 is 1.36 bits per heavy atom. The van der Waals surface area contributed by atoms with Gasteiger partial charge in [-0.3, -0.25) is 0 Å². The number of halogens is 2. The van der Waals surface area contributed by atoms with Crippen LogP contribution in [0.3, 0.4) is 0 Å². The molecule has 0 saturated carbocycles. The lowest BCUT2D eigenvalue weighted by Crippen LogP contribution is -2.42. The van der Waals surface area contributed by atoms with Gasteiger partial charge in [0.05, 0.1) is 0 Å². The molecule has 0 radical (unpaired) electrons. The number of piperidine rings is 1. The number of nitrogens with one attached hydrogen (secondary N) is 1. The quantitative estimate of drug-likeness (QED) is 0.668. The van der Waals surface area contributed by atoms with Crippen LogP contribution in [0.25, 0.3) is 0 Å². The minimum absolute atomic E-state index is 0. The van der Waals surface area contributed by atoms with Crippen molar-refractivity contribution in [2.24, 2.45) is 11.7 Å². The average Bonchev–Trinajstić information content (AvgIpc) is 1.90. The zero-order valence-corrected chi connectivity index (χ0v) is 8.51. The molecule has 0 spiro atoms. The van der Waals surface area contributed by atoms with Crippen molar-refractivity contribution in [1.29, 1.82) is 0 Å². The van der Waals surface area contributed by atoms with Crippen molar-refractivity contribution < 1.29 is 0 Å². The largest absolute Gasteiger partial charge is 0.329 e. The molecule has 1 fully saturated rings. The number of hydrogen-bond donors (Lipinski definition) is 2. The molecular weight excluding hydrogens is 183 g/mol. The molecular formula is C7H18Cl2N2. The Morgan fingerprint density at radius 2 is 2.00 bits per heavy atom. The molecule has 0 bridgehead atoms. The van der Waals surface area contributed by atoms with E-state index < -0.39 is 0 Å². The lowest BCUT2D eigenvalue weighted by atomic mass is 9.97. The number of nitrogens with two attached hydrogens (primary N) is 1. The Bertz CT molecular complexity index is 82.5. The smallest absolute Gasteiger partial charge is 0.0190 e. The van der Waals surface area contributed by atoms with Crippen molar-refractivity contribution >= 4 is 24.8 Å². The summed E-state index contributed by atoms with van der Waals surface area (Å²) in [6.07, 6.45) is 2.60. The molecule has 0 aromatic rings. The van der Waals surface area contributed by atoms with E-state index in [4.69, 9.17) is 5.73 Å². The molecule has 0 aromatic carbocycles. The van der Waals surface area contributed by atoms with Crippen molar-refractivity contribution in [3.05, 3.63) is 0 Å². The van der Waals surface area contributed by atoms with Crippen LogP contribution < -0.4 is 11.1 Å². The third kappa shape index (κ3) is 4.86. The third-order valence-electron chi connectivity index (χ3n) is 2.05. The fourth-order valence-corrected chi connectivity index (χ4v) is 1.26. The second-order valence-corrected chi connectivity index (χ2v) is 3.02. The van der Waals surface area contributed by atoms with E-state index in [0.29, 0.717) is 6.04 Å². The Kier molecular flexibility index (Phi) is 9.15. The van der Waals surface area contributed by atoms with Crippen molar-refractivity contribution in [1.82, 2.24) is 5.32 Å². The highest BCUT2D eigenvalue weighted by molar-refractivity contribution is 5.85. The molecule has 0 aliphatic carbocycles.